The first kappa shape index (κ1) is 9.51. The third-order valence-electron chi connectivity index (χ3n) is 1.51. The van der Waals surface area contributed by atoms with Gasteiger partial charge in [0, 0.05) is 12.2 Å². The first-order valence-electron chi connectivity index (χ1n) is 3.88. The second kappa shape index (κ2) is 3.89. The molecule has 4 heteroatoms. The van der Waals surface area contributed by atoms with Crippen molar-refractivity contribution in [1.29, 1.82) is 0 Å². The number of ether oxygens (including phenoxy) is 2. The molecule has 0 saturated heterocycles. The minimum absolute atomic E-state index is 0.0240. The molecule has 0 aromatic heterocycles. The van der Waals surface area contributed by atoms with Gasteiger partial charge in [0.05, 0.1) is 13.7 Å². The van der Waals surface area contributed by atoms with Gasteiger partial charge >= 0.3 is 0 Å². The van der Waals surface area contributed by atoms with Gasteiger partial charge < -0.3 is 9.47 Å². The zero-order chi connectivity index (χ0) is 9.84. The van der Waals surface area contributed by atoms with Gasteiger partial charge in [0.1, 0.15) is 0 Å². The van der Waals surface area contributed by atoms with E-state index >= 15 is 0 Å². The summed E-state index contributed by atoms with van der Waals surface area (Å²) in [5, 5.41) is 0. The third kappa shape index (κ3) is 1.96. The Morgan fingerprint density at radius 1 is 1.23 bits per heavy atom. The molecule has 0 aliphatic heterocycles. The Morgan fingerprint density at radius 2 is 1.85 bits per heavy atom. The van der Waals surface area contributed by atoms with Crippen molar-refractivity contribution in [2.24, 2.45) is 0 Å². The molecule has 1 aliphatic rings. The van der Waals surface area contributed by atoms with Gasteiger partial charge in [0.15, 0.2) is 17.3 Å². The highest BCUT2D eigenvalue weighted by molar-refractivity contribution is 6.18. The summed E-state index contributed by atoms with van der Waals surface area (Å²) in [5.41, 5.74) is 0. The fourth-order valence-electron chi connectivity index (χ4n) is 0.967. The summed E-state index contributed by atoms with van der Waals surface area (Å²) < 4.78 is 9.69. The number of allylic oxidation sites excluding steroid dienone is 2. The van der Waals surface area contributed by atoms with Crippen LogP contribution >= 0.6 is 0 Å². The van der Waals surface area contributed by atoms with Crippen LogP contribution in [0.15, 0.2) is 23.7 Å². The minimum Gasteiger partial charge on any atom is -0.492 e. The van der Waals surface area contributed by atoms with Gasteiger partial charge in [-0.05, 0) is 6.92 Å². The van der Waals surface area contributed by atoms with Crippen molar-refractivity contribution in [2.45, 2.75) is 6.92 Å². The topological polar surface area (TPSA) is 52.6 Å². The molecular formula is C9H10O4. The second-order valence-corrected chi connectivity index (χ2v) is 2.39. The maximum absolute atomic E-state index is 11.4. The number of rotatable bonds is 3. The molecule has 0 fully saturated rings. The first-order chi connectivity index (χ1) is 6.19. The number of hydrogen-bond donors (Lipinski definition) is 0. The van der Waals surface area contributed by atoms with Crippen LogP contribution in [0.25, 0.3) is 0 Å². The Labute approximate surface area is 75.8 Å². The molecule has 1 aliphatic carbocycles. The molecule has 1 rings (SSSR count). The minimum atomic E-state index is -0.385. The van der Waals surface area contributed by atoms with Gasteiger partial charge in [0.25, 0.3) is 5.78 Å². The van der Waals surface area contributed by atoms with E-state index < -0.39 is 0 Å². The largest absolute Gasteiger partial charge is 0.492 e. The molecule has 70 valence electrons. The van der Waals surface area contributed by atoms with E-state index in [0.717, 1.165) is 12.2 Å². The standard InChI is InChI=1S/C9H10O4/c1-3-13-8-5-6(10)4-7(12-2)9(8)11/h4-5H,3H2,1-2H3. The van der Waals surface area contributed by atoms with Crippen LogP contribution in [-0.2, 0) is 19.1 Å². The molecular weight excluding hydrogens is 172 g/mol. The van der Waals surface area contributed by atoms with Crippen molar-refractivity contribution in [1.82, 2.24) is 0 Å². The second-order valence-electron chi connectivity index (χ2n) is 2.39. The summed E-state index contributed by atoms with van der Waals surface area (Å²) >= 11 is 0. The van der Waals surface area contributed by atoms with Crippen molar-refractivity contribution in [3.8, 4) is 0 Å². The van der Waals surface area contributed by atoms with E-state index in [4.69, 9.17) is 9.47 Å². The van der Waals surface area contributed by atoms with Gasteiger partial charge in [-0.15, -0.1) is 0 Å². The fraction of sp³-hybridized carbons (Fsp3) is 0.333. The molecule has 0 spiro atoms. The first-order valence-corrected chi connectivity index (χ1v) is 3.88. The SMILES string of the molecule is CCOC1=CC(=O)C=C(OC)C1=O. The van der Waals surface area contributed by atoms with E-state index in [1.165, 1.54) is 7.11 Å². The Hall–Kier alpha value is -1.58. The molecule has 4 nitrogen and oxygen atoms in total. The van der Waals surface area contributed by atoms with E-state index in [-0.39, 0.29) is 23.1 Å². The zero-order valence-electron chi connectivity index (χ0n) is 7.49. The van der Waals surface area contributed by atoms with Crippen molar-refractivity contribution < 1.29 is 19.1 Å². The molecule has 0 unspecified atom stereocenters. The summed E-state index contributed by atoms with van der Waals surface area (Å²) in [6.07, 6.45) is 2.30. The molecule has 0 aromatic rings. The van der Waals surface area contributed by atoms with E-state index in [0.29, 0.717) is 6.61 Å². The molecule has 0 radical (unpaired) electrons. The predicted octanol–water partition coefficient (Wildman–Crippen LogP) is 0.589. The Bertz CT molecular complexity index is 299. The van der Waals surface area contributed by atoms with Crippen LogP contribution in [-0.4, -0.2) is 25.3 Å². The lowest BCUT2D eigenvalue weighted by Crippen LogP contribution is -2.17. The lowest BCUT2D eigenvalue weighted by Gasteiger charge is -2.11. The van der Waals surface area contributed by atoms with Gasteiger partial charge in [-0.1, -0.05) is 0 Å². The number of hydrogen-bond acceptors (Lipinski definition) is 4. The lowest BCUT2D eigenvalue weighted by molar-refractivity contribution is -0.120. The molecule has 0 saturated carbocycles. The molecule has 13 heavy (non-hydrogen) atoms. The highest BCUT2D eigenvalue weighted by Gasteiger charge is 2.23. The van der Waals surface area contributed by atoms with Gasteiger partial charge in [0.2, 0.25) is 0 Å². The normalized spacial score (nSPS) is 16.5. The van der Waals surface area contributed by atoms with Crippen LogP contribution < -0.4 is 0 Å². The summed E-state index contributed by atoms with van der Waals surface area (Å²) in [6.45, 7) is 2.09. The third-order valence-corrected chi connectivity index (χ3v) is 1.51. The molecule has 0 atom stereocenters. The van der Waals surface area contributed by atoms with E-state index in [9.17, 15) is 9.59 Å². The average molecular weight is 182 g/mol. The molecule has 0 heterocycles. The van der Waals surface area contributed by atoms with Crippen LogP contribution in [0.2, 0.25) is 0 Å². The number of carbonyl (C=O) groups excluding carboxylic acids is 2. The Morgan fingerprint density at radius 3 is 2.38 bits per heavy atom. The maximum Gasteiger partial charge on any atom is 0.262 e. The van der Waals surface area contributed by atoms with Crippen LogP contribution in [0.3, 0.4) is 0 Å². The number of carbonyl (C=O) groups is 2. The van der Waals surface area contributed by atoms with Gasteiger partial charge in [-0.2, -0.15) is 0 Å². The Balaban J connectivity index is 2.89. The summed E-state index contributed by atoms with van der Waals surface area (Å²) in [4.78, 5) is 22.4. The van der Waals surface area contributed by atoms with Crippen molar-refractivity contribution in [2.75, 3.05) is 13.7 Å². The van der Waals surface area contributed by atoms with Gasteiger partial charge in [-0.3, -0.25) is 9.59 Å². The quantitative estimate of drug-likeness (QED) is 0.599. The predicted molar refractivity (Wildman–Crippen MR) is 44.8 cm³/mol. The lowest BCUT2D eigenvalue weighted by atomic mass is 10.1. The highest BCUT2D eigenvalue weighted by Crippen LogP contribution is 2.14. The summed E-state index contributed by atoms with van der Waals surface area (Å²) in [6, 6.07) is 0. The van der Waals surface area contributed by atoms with E-state index in [1.807, 2.05) is 0 Å². The maximum atomic E-state index is 11.4. The summed E-state index contributed by atoms with van der Waals surface area (Å²) in [7, 11) is 1.34. The zero-order valence-corrected chi connectivity index (χ0v) is 7.49. The Kier molecular flexibility index (Phi) is 2.84. The summed E-state index contributed by atoms with van der Waals surface area (Å²) in [5.74, 6) is -0.605. The van der Waals surface area contributed by atoms with Crippen molar-refractivity contribution in [3.63, 3.8) is 0 Å². The van der Waals surface area contributed by atoms with E-state index in [2.05, 4.69) is 0 Å². The molecule has 0 amide bonds. The van der Waals surface area contributed by atoms with Gasteiger partial charge in [-0.25, -0.2) is 0 Å². The average Bonchev–Trinajstić information content (AvgIpc) is 2.11. The van der Waals surface area contributed by atoms with Crippen LogP contribution in [0, 0.1) is 0 Å². The molecule has 0 aromatic carbocycles. The van der Waals surface area contributed by atoms with Crippen LogP contribution in [0.5, 0.6) is 0 Å². The molecule has 0 N–H and O–H groups in total. The molecule has 0 bridgehead atoms. The van der Waals surface area contributed by atoms with Crippen LogP contribution in [0.4, 0.5) is 0 Å². The number of ketones is 2. The monoisotopic (exact) mass is 182 g/mol. The number of methoxy groups -OCH3 is 1. The number of Topliss-reactive ketones (excluding diaryl/α,β-unsaturated/α-hetero) is 1. The fourth-order valence-corrected chi connectivity index (χ4v) is 0.967. The highest BCUT2D eigenvalue weighted by atomic mass is 16.5. The van der Waals surface area contributed by atoms with E-state index in [1.54, 1.807) is 6.92 Å². The van der Waals surface area contributed by atoms with Crippen LogP contribution in [0.1, 0.15) is 6.92 Å². The van der Waals surface area contributed by atoms with Crippen molar-refractivity contribution in [3.05, 3.63) is 23.7 Å². The van der Waals surface area contributed by atoms with Crippen molar-refractivity contribution >= 4 is 11.6 Å². The smallest absolute Gasteiger partial charge is 0.262 e.